The lowest BCUT2D eigenvalue weighted by molar-refractivity contribution is -0.129. The summed E-state index contributed by atoms with van der Waals surface area (Å²) in [6.07, 6.45) is 1.63. The normalized spacial score (nSPS) is 22.1. The monoisotopic (exact) mass is 308 g/mol. The van der Waals surface area contributed by atoms with Crippen molar-refractivity contribution in [3.8, 4) is 0 Å². The number of halogens is 1. The van der Waals surface area contributed by atoms with Crippen molar-refractivity contribution >= 4 is 23.3 Å². The number of nitrogens with zero attached hydrogens (tertiary/aromatic N) is 4. The molecule has 0 aromatic carbocycles. The molecule has 0 aliphatic carbocycles. The van der Waals surface area contributed by atoms with Crippen molar-refractivity contribution in [2.75, 3.05) is 24.5 Å². The molecule has 1 amide bonds. The Kier molecular flexibility index (Phi) is 3.78. The minimum Gasteiger partial charge on any atom is -0.352 e. The first-order valence-corrected chi connectivity index (χ1v) is 7.93. The SMILES string of the molecule is Cc1c(Cl)nc(C(C)C)nc1N1CCN2C(=O)CCC2C1. The van der Waals surface area contributed by atoms with E-state index in [1.54, 1.807) is 0 Å². The third-order valence-corrected chi connectivity index (χ3v) is 4.76. The molecule has 2 aliphatic rings. The Bertz CT molecular complexity index is 575. The zero-order chi connectivity index (χ0) is 15.1. The molecule has 3 heterocycles. The van der Waals surface area contributed by atoms with Gasteiger partial charge < -0.3 is 9.80 Å². The fourth-order valence-corrected chi connectivity index (χ4v) is 3.29. The van der Waals surface area contributed by atoms with E-state index in [2.05, 4.69) is 23.7 Å². The van der Waals surface area contributed by atoms with Gasteiger partial charge in [-0.25, -0.2) is 9.97 Å². The lowest BCUT2D eigenvalue weighted by Gasteiger charge is -2.38. The zero-order valence-corrected chi connectivity index (χ0v) is 13.5. The standard InChI is InChI=1S/C15H21ClN4O/c1-9(2)14-17-13(16)10(3)15(18-14)19-6-7-20-11(8-19)4-5-12(20)21/h9,11H,4-8H2,1-3H3. The van der Waals surface area contributed by atoms with Gasteiger partial charge >= 0.3 is 0 Å². The molecule has 0 bridgehead atoms. The van der Waals surface area contributed by atoms with Crippen molar-refractivity contribution in [2.45, 2.75) is 45.6 Å². The number of anilines is 1. The van der Waals surface area contributed by atoms with Crippen molar-refractivity contribution in [1.29, 1.82) is 0 Å². The van der Waals surface area contributed by atoms with Crippen molar-refractivity contribution in [3.05, 3.63) is 16.5 Å². The third-order valence-electron chi connectivity index (χ3n) is 4.39. The van der Waals surface area contributed by atoms with Crippen molar-refractivity contribution in [1.82, 2.24) is 14.9 Å². The van der Waals surface area contributed by atoms with Crippen LogP contribution >= 0.6 is 11.6 Å². The maximum absolute atomic E-state index is 11.8. The number of carbonyl (C=O) groups excluding carboxylic acids is 1. The number of rotatable bonds is 2. The molecule has 1 aromatic heterocycles. The molecule has 0 saturated carbocycles. The van der Waals surface area contributed by atoms with Gasteiger partial charge in [-0.1, -0.05) is 25.4 Å². The topological polar surface area (TPSA) is 49.3 Å². The van der Waals surface area contributed by atoms with Crippen LogP contribution in [-0.2, 0) is 4.79 Å². The molecule has 0 radical (unpaired) electrons. The Morgan fingerprint density at radius 2 is 2.05 bits per heavy atom. The van der Waals surface area contributed by atoms with Crippen molar-refractivity contribution < 1.29 is 4.79 Å². The molecule has 1 unspecified atom stereocenters. The Hall–Kier alpha value is -1.36. The molecule has 5 nitrogen and oxygen atoms in total. The number of amides is 1. The van der Waals surface area contributed by atoms with Crippen molar-refractivity contribution in [2.24, 2.45) is 0 Å². The van der Waals surface area contributed by atoms with E-state index in [4.69, 9.17) is 16.6 Å². The highest BCUT2D eigenvalue weighted by Crippen LogP contribution is 2.30. The maximum atomic E-state index is 11.8. The van der Waals surface area contributed by atoms with E-state index in [0.717, 1.165) is 43.3 Å². The quantitative estimate of drug-likeness (QED) is 0.787. The van der Waals surface area contributed by atoms with Crippen LogP contribution in [0.5, 0.6) is 0 Å². The van der Waals surface area contributed by atoms with Crippen LogP contribution in [0.2, 0.25) is 5.15 Å². The predicted octanol–water partition coefficient (Wildman–Crippen LogP) is 2.37. The van der Waals surface area contributed by atoms with E-state index >= 15 is 0 Å². The number of hydrogen-bond donors (Lipinski definition) is 0. The number of carbonyl (C=O) groups is 1. The lowest BCUT2D eigenvalue weighted by atomic mass is 10.1. The predicted molar refractivity (Wildman–Crippen MR) is 82.8 cm³/mol. The molecule has 6 heteroatoms. The summed E-state index contributed by atoms with van der Waals surface area (Å²) in [7, 11) is 0. The molecule has 0 N–H and O–H groups in total. The minimum atomic E-state index is 0.246. The molecule has 114 valence electrons. The Balaban J connectivity index is 1.89. The molecule has 2 fully saturated rings. The van der Waals surface area contributed by atoms with Crippen LogP contribution in [-0.4, -0.2) is 46.5 Å². The second-order valence-corrected chi connectivity index (χ2v) is 6.56. The second-order valence-electron chi connectivity index (χ2n) is 6.20. The summed E-state index contributed by atoms with van der Waals surface area (Å²) in [5.74, 6) is 2.25. The molecule has 1 atom stereocenters. The summed E-state index contributed by atoms with van der Waals surface area (Å²) in [5.41, 5.74) is 0.929. The Morgan fingerprint density at radius 3 is 2.76 bits per heavy atom. The summed E-state index contributed by atoms with van der Waals surface area (Å²) in [6.45, 7) is 8.54. The highest BCUT2D eigenvalue weighted by Gasteiger charge is 2.36. The van der Waals surface area contributed by atoms with Crippen LogP contribution in [0.4, 0.5) is 5.82 Å². The van der Waals surface area contributed by atoms with E-state index < -0.39 is 0 Å². The van der Waals surface area contributed by atoms with Gasteiger partial charge in [0.2, 0.25) is 5.91 Å². The summed E-state index contributed by atoms with van der Waals surface area (Å²) in [6, 6.07) is 0.321. The van der Waals surface area contributed by atoms with Crippen LogP contribution in [0.15, 0.2) is 0 Å². The first kappa shape index (κ1) is 14.6. The van der Waals surface area contributed by atoms with E-state index in [1.165, 1.54) is 0 Å². The van der Waals surface area contributed by atoms with Gasteiger partial charge in [0.1, 0.15) is 16.8 Å². The van der Waals surface area contributed by atoms with Crippen LogP contribution in [0, 0.1) is 6.92 Å². The summed E-state index contributed by atoms with van der Waals surface area (Å²) in [4.78, 5) is 25.1. The van der Waals surface area contributed by atoms with Gasteiger partial charge in [0.05, 0.1) is 0 Å². The number of hydrogen-bond acceptors (Lipinski definition) is 4. The largest absolute Gasteiger partial charge is 0.352 e. The number of aromatic nitrogens is 2. The zero-order valence-electron chi connectivity index (χ0n) is 12.8. The van der Waals surface area contributed by atoms with Crippen LogP contribution < -0.4 is 4.90 Å². The minimum absolute atomic E-state index is 0.246. The molecule has 2 aliphatic heterocycles. The molecular weight excluding hydrogens is 288 g/mol. The van der Waals surface area contributed by atoms with E-state index in [9.17, 15) is 4.79 Å². The van der Waals surface area contributed by atoms with E-state index in [-0.39, 0.29) is 5.92 Å². The molecule has 1 aromatic rings. The smallest absolute Gasteiger partial charge is 0.223 e. The van der Waals surface area contributed by atoms with Crippen LogP contribution in [0.25, 0.3) is 0 Å². The fraction of sp³-hybridized carbons (Fsp3) is 0.667. The highest BCUT2D eigenvalue weighted by atomic mass is 35.5. The van der Waals surface area contributed by atoms with Gasteiger partial charge in [0.25, 0.3) is 0 Å². The Morgan fingerprint density at radius 1 is 1.29 bits per heavy atom. The van der Waals surface area contributed by atoms with Gasteiger partial charge in [-0.05, 0) is 13.3 Å². The summed E-state index contributed by atoms with van der Waals surface area (Å²) >= 11 is 6.27. The van der Waals surface area contributed by atoms with Gasteiger partial charge in [-0.15, -0.1) is 0 Å². The molecule has 0 spiro atoms. The summed E-state index contributed by atoms with van der Waals surface area (Å²) in [5, 5.41) is 0.536. The molecular formula is C15H21ClN4O. The average molecular weight is 309 g/mol. The second kappa shape index (κ2) is 5.44. The lowest BCUT2D eigenvalue weighted by Crippen LogP contribution is -2.52. The highest BCUT2D eigenvalue weighted by molar-refractivity contribution is 6.30. The molecule has 21 heavy (non-hydrogen) atoms. The number of piperazine rings is 1. The van der Waals surface area contributed by atoms with Crippen LogP contribution in [0.1, 0.15) is 44.0 Å². The molecule has 2 saturated heterocycles. The van der Waals surface area contributed by atoms with E-state index in [1.807, 2.05) is 11.8 Å². The van der Waals surface area contributed by atoms with E-state index in [0.29, 0.717) is 23.5 Å². The first-order chi connectivity index (χ1) is 9.97. The van der Waals surface area contributed by atoms with Gasteiger partial charge in [0.15, 0.2) is 0 Å². The summed E-state index contributed by atoms with van der Waals surface area (Å²) < 4.78 is 0. The Labute approximate surface area is 130 Å². The average Bonchev–Trinajstić information content (AvgIpc) is 2.82. The third kappa shape index (κ3) is 2.59. The fourth-order valence-electron chi connectivity index (χ4n) is 3.12. The van der Waals surface area contributed by atoms with Gasteiger partial charge in [-0.3, -0.25) is 4.79 Å². The number of fused-ring (bicyclic) bond motifs is 1. The van der Waals surface area contributed by atoms with Crippen LogP contribution in [0.3, 0.4) is 0 Å². The first-order valence-electron chi connectivity index (χ1n) is 7.56. The molecule has 3 rings (SSSR count). The van der Waals surface area contributed by atoms with Gasteiger partial charge in [-0.2, -0.15) is 0 Å². The van der Waals surface area contributed by atoms with Crippen molar-refractivity contribution in [3.63, 3.8) is 0 Å². The van der Waals surface area contributed by atoms with Gasteiger partial charge in [0, 0.05) is 43.6 Å². The maximum Gasteiger partial charge on any atom is 0.223 e.